The van der Waals surface area contributed by atoms with Crippen LogP contribution in [-0.2, 0) is 14.3 Å². The van der Waals surface area contributed by atoms with Gasteiger partial charge in [-0.1, -0.05) is 34.6 Å². The van der Waals surface area contributed by atoms with E-state index in [-0.39, 0.29) is 39.5 Å². The fourth-order valence-electron chi connectivity index (χ4n) is 12.3. The molecule has 5 nitrogen and oxygen atoms in total. The molecule has 6 aliphatic rings. The van der Waals surface area contributed by atoms with Crippen molar-refractivity contribution < 1.29 is 24.5 Å². The Labute approximate surface area is 224 Å². The molecule has 0 aromatic carbocycles. The van der Waals surface area contributed by atoms with E-state index in [4.69, 9.17) is 9.47 Å². The molecule has 13 atom stereocenters. The van der Waals surface area contributed by atoms with Crippen LogP contribution in [0.5, 0.6) is 0 Å². The van der Waals surface area contributed by atoms with E-state index in [1.807, 2.05) is 6.92 Å². The van der Waals surface area contributed by atoms with Crippen molar-refractivity contribution in [2.75, 3.05) is 6.61 Å². The summed E-state index contributed by atoms with van der Waals surface area (Å²) in [7, 11) is 0. The zero-order valence-corrected chi connectivity index (χ0v) is 24.4. The highest BCUT2D eigenvalue weighted by molar-refractivity contribution is 5.74. The number of carboxylic acids is 1. The van der Waals surface area contributed by atoms with Crippen molar-refractivity contribution in [2.24, 2.45) is 56.2 Å². The molecule has 6 fully saturated rings. The SMILES string of the molecule is CCO[C@@H]1O[C@H]2[C@H](O)CC3[C@]4(C)CC[C@@]5(C)C6C[C@](C)(C(=O)O)CC[C@]6(C)CC[C@]5(C)C4CC[C@]31[C@H]2C. The number of hydrogen-bond donors (Lipinski definition) is 2. The fraction of sp³-hybridized carbons (Fsp3) is 0.969. The van der Waals surface area contributed by atoms with Gasteiger partial charge in [-0.2, -0.15) is 0 Å². The van der Waals surface area contributed by atoms with Crippen LogP contribution in [0.25, 0.3) is 0 Å². The van der Waals surface area contributed by atoms with Crippen molar-refractivity contribution >= 4 is 5.97 Å². The first-order valence-electron chi connectivity index (χ1n) is 15.4. The Kier molecular flexibility index (Phi) is 5.72. The molecule has 37 heavy (non-hydrogen) atoms. The Bertz CT molecular complexity index is 967. The van der Waals surface area contributed by atoms with Crippen molar-refractivity contribution in [3.63, 3.8) is 0 Å². The third-order valence-electron chi connectivity index (χ3n) is 14.8. The van der Waals surface area contributed by atoms with Crippen molar-refractivity contribution in [1.82, 2.24) is 0 Å². The number of aliphatic hydroxyl groups is 1. The lowest BCUT2D eigenvalue weighted by Gasteiger charge is -2.74. The molecule has 3 unspecified atom stereocenters. The molecule has 1 saturated heterocycles. The van der Waals surface area contributed by atoms with E-state index in [0.717, 1.165) is 44.9 Å². The summed E-state index contributed by atoms with van der Waals surface area (Å²) >= 11 is 0. The molecule has 1 aliphatic heterocycles. The normalized spacial score (nSPS) is 60.6. The quantitative estimate of drug-likeness (QED) is 0.438. The van der Waals surface area contributed by atoms with Crippen molar-refractivity contribution in [3.8, 4) is 0 Å². The highest BCUT2D eigenvalue weighted by Crippen LogP contribution is 2.79. The highest BCUT2D eigenvalue weighted by Gasteiger charge is 2.75. The Balaban J connectivity index is 1.40. The molecular formula is C32H52O5. The molecule has 5 aliphatic carbocycles. The van der Waals surface area contributed by atoms with Gasteiger partial charge in [-0.3, -0.25) is 4.79 Å². The number of carbonyl (C=O) groups is 1. The molecule has 0 aromatic heterocycles. The molecule has 0 amide bonds. The van der Waals surface area contributed by atoms with E-state index in [1.54, 1.807) is 0 Å². The Morgan fingerprint density at radius 2 is 1.57 bits per heavy atom. The summed E-state index contributed by atoms with van der Waals surface area (Å²) < 4.78 is 12.8. The average Bonchev–Trinajstić information content (AvgIpc) is 3.02. The minimum Gasteiger partial charge on any atom is -0.481 e. The number of aliphatic carboxylic acids is 1. The minimum atomic E-state index is -0.605. The topological polar surface area (TPSA) is 76.0 Å². The van der Waals surface area contributed by atoms with Crippen LogP contribution < -0.4 is 0 Å². The zero-order valence-electron chi connectivity index (χ0n) is 24.4. The van der Waals surface area contributed by atoms with Crippen LogP contribution in [0.3, 0.4) is 0 Å². The van der Waals surface area contributed by atoms with Crippen LogP contribution >= 0.6 is 0 Å². The van der Waals surface area contributed by atoms with E-state index in [1.165, 1.54) is 19.3 Å². The Hall–Kier alpha value is -0.650. The van der Waals surface area contributed by atoms with E-state index in [0.29, 0.717) is 30.3 Å². The minimum absolute atomic E-state index is 0.00877. The maximum Gasteiger partial charge on any atom is 0.309 e. The predicted molar refractivity (Wildman–Crippen MR) is 143 cm³/mol. The van der Waals surface area contributed by atoms with Gasteiger partial charge >= 0.3 is 5.97 Å². The number of carboxylic acid groups (broad SMARTS) is 1. The number of ether oxygens (including phenoxy) is 2. The van der Waals surface area contributed by atoms with Crippen LogP contribution in [0.2, 0.25) is 0 Å². The summed E-state index contributed by atoms with van der Waals surface area (Å²) in [4.78, 5) is 12.4. The lowest BCUT2D eigenvalue weighted by atomic mass is 9.30. The summed E-state index contributed by atoms with van der Waals surface area (Å²) in [6.45, 7) is 17.2. The van der Waals surface area contributed by atoms with Crippen LogP contribution in [0, 0.1) is 56.2 Å². The maximum absolute atomic E-state index is 12.4. The average molecular weight is 517 g/mol. The Morgan fingerprint density at radius 3 is 2.24 bits per heavy atom. The number of hydrogen-bond acceptors (Lipinski definition) is 4. The zero-order chi connectivity index (χ0) is 26.8. The molecule has 5 heteroatoms. The summed E-state index contributed by atoms with van der Waals surface area (Å²) in [6, 6.07) is 0. The second-order valence-corrected chi connectivity index (χ2v) is 15.9. The van der Waals surface area contributed by atoms with Crippen molar-refractivity contribution in [2.45, 2.75) is 131 Å². The van der Waals surface area contributed by atoms with Gasteiger partial charge < -0.3 is 19.7 Å². The van der Waals surface area contributed by atoms with E-state index in [2.05, 4.69) is 41.5 Å². The first-order chi connectivity index (χ1) is 17.2. The summed E-state index contributed by atoms with van der Waals surface area (Å²) in [5.41, 5.74) is 0.0773. The summed E-state index contributed by atoms with van der Waals surface area (Å²) in [5.74, 6) is 1.12. The fourth-order valence-corrected chi connectivity index (χ4v) is 12.3. The van der Waals surface area contributed by atoms with Gasteiger partial charge in [0.25, 0.3) is 0 Å². The van der Waals surface area contributed by atoms with Crippen molar-refractivity contribution in [3.05, 3.63) is 0 Å². The largest absolute Gasteiger partial charge is 0.481 e. The highest BCUT2D eigenvalue weighted by atomic mass is 16.7. The second-order valence-electron chi connectivity index (χ2n) is 15.9. The molecule has 5 saturated carbocycles. The predicted octanol–water partition coefficient (Wildman–Crippen LogP) is 6.66. The first-order valence-corrected chi connectivity index (χ1v) is 15.4. The van der Waals surface area contributed by atoms with Gasteiger partial charge in [-0.05, 0) is 123 Å². The van der Waals surface area contributed by atoms with Gasteiger partial charge in [0, 0.05) is 12.0 Å². The lowest BCUT2D eigenvalue weighted by Crippen LogP contribution is -2.69. The van der Waals surface area contributed by atoms with E-state index in [9.17, 15) is 15.0 Å². The molecule has 0 aromatic rings. The van der Waals surface area contributed by atoms with Gasteiger partial charge in [0.15, 0.2) is 6.29 Å². The molecule has 1 spiro atoms. The lowest BCUT2D eigenvalue weighted by molar-refractivity contribution is -0.276. The number of aliphatic hydroxyl groups excluding tert-OH is 1. The van der Waals surface area contributed by atoms with Gasteiger partial charge in [-0.15, -0.1) is 0 Å². The first kappa shape index (κ1) is 26.6. The van der Waals surface area contributed by atoms with E-state index >= 15 is 0 Å². The number of fused-ring (bicyclic) bond motifs is 7. The Morgan fingerprint density at radius 1 is 0.919 bits per heavy atom. The monoisotopic (exact) mass is 516 g/mol. The molecule has 2 bridgehead atoms. The molecule has 0 radical (unpaired) electrons. The van der Waals surface area contributed by atoms with Crippen LogP contribution in [0.15, 0.2) is 0 Å². The van der Waals surface area contributed by atoms with Gasteiger partial charge in [0.05, 0.1) is 17.6 Å². The molecule has 210 valence electrons. The van der Waals surface area contributed by atoms with E-state index < -0.39 is 17.5 Å². The molecule has 2 N–H and O–H groups in total. The van der Waals surface area contributed by atoms with Crippen LogP contribution in [0.1, 0.15) is 113 Å². The maximum atomic E-state index is 12.4. The summed E-state index contributed by atoms with van der Waals surface area (Å²) in [6.07, 6.45) is 9.86. The molecule has 6 rings (SSSR count). The van der Waals surface area contributed by atoms with Gasteiger partial charge in [0.2, 0.25) is 0 Å². The van der Waals surface area contributed by atoms with Crippen molar-refractivity contribution in [1.29, 1.82) is 0 Å². The summed E-state index contributed by atoms with van der Waals surface area (Å²) in [5, 5.41) is 21.5. The standard InChI is InChI=1S/C32H52O5/c1-8-36-26-32-10-9-21-29(5,22(32)17-20(33)24(37-26)19(32)2)14-16-31(7)23-18-28(4,25(34)35)12-11-27(23,3)13-15-30(21,31)6/h19-24,26,33H,8-18H2,1-7H3,(H,34,35)/t19-,20+,21?,22?,23?,24+,26+,27+,28+,29+,30+,31-,32-/m0/s1. The van der Waals surface area contributed by atoms with Gasteiger partial charge in [0.1, 0.15) is 0 Å². The molecular weight excluding hydrogens is 464 g/mol. The molecule has 1 heterocycles. The third kappa shape index (κ3) is 3.06. The third-order valence-corrected chi connectivity index (χ3v) is 14.8. The second kappa shape index (κ2) is 7.97. The smallest absolute Gasteiger partial charge is 0.309 e. The number of rotatable bonds is 3. The van der Waals surface area contributed by atoms with Gasteiger partial charge in [-0.25, -0.2) is 0 Å². The van der Waals surface area contributed by atoms with Crippen LogP contribution in [-0.4, -0.2) is 41.3 Å². The van der Waals surface area contributed by atoms with Crippen LogP contribution in [0.4, 0.5) is 0 Å².